The molecule has 1 aromatic rings. The minimum Gasteiger partial charge on any atom is -0.387 e. The van der Waals surface area contributed by atoms with Gasteiger partial charge in [-0.25, -0.2) is 8.78 Å². The van der Waals surface area contributed by atoms with E-state index >= 15 is 0 Å². The Bertz CT molecular complexity index is 434. The van der Waals surface area contributed by atoms with E-state index in [2.05, 4.69) is 18.7 Å². The Morgan fingerprint density at radius 2 is 2.11 bits per heavy atom. The summed E-state index contributed by atoms with van der Waals surface area (Å²) in [5, 5.41) is 10.0. The maximum absolute atomic E-state index is 13.5. The highest BCUT2D eigenvalue weighted by molar-refractivity contribution is 5.21. The average molecular weight is 255 g/mol. The van der Waals surface area contributed by atoms with Gasteiger partial charge in [0.25, 0.3) is 0 Å². The van der Waals surface area contributed by atoms with Gasteiger partial charge in [0.1, 0.15) is 11.6 Å². The van der Waals surface area contributed by atoms with Crippen LogP contribution in [-0.4, -0.2) is 29.6 Å². The number of aliphatic hydroxyl groups excluding tert-OH is 1. The Labute approximate surface area is 106 Å². The van der Waals surface area contributed by atoms with E-state index in [1.165, 1.54) is 0 Å². The number of hydrogen-bond acceptors (Lipinski definition) is 2. The van der Waals surface area contributed by atoms with Gasteiger partial charge in [-0.05, 0) is 36.6 Å². The largest absolute Gasteiger partial charge is 0.387 e. The number of benzene rings is 1. The molecule has 1 heterocycles. The van der Waals surface area contributed by atoms with Gasteiger partial charge >= 0.3 is 0 Å². The number of halogens is 2. The minimum atomic E-state index is -0.977. The number of likely N-dealkylation sites (tertiary alicyclic amines) is 1. The van der Waals surface area contributed by atoms with E-state index in [-0.39, 0.29) is 11.0 Å². The van der Waals surface area contributed by atoms with Gasteiger partial charge in [-0.2, -0.15) is 0 Å². The molecule has 4 heteroatoms. The number of β-amino-alcohol motifs (C(OH)–C–C–N with tert-alkyl or cyclic N) is 1. The van der Waals surface area contributed by atoms with Crippen molar-refractivity contribution in [1.82, 2.24) is 4.90 Å². The van der Waals surface area contributed by atoms with E-state index < -0.39 is 17.7 Å². The van der Waals surface area contributed by atoms with E-state index in [0.717, 1.165) is 37.7 Å². The predicted molar refractivity (Wildman–Crippen MR) is 66.2 cm³/mol. The molecule has 0 aromatic heterocycles. The van der Waals surface area contributed by atoms with Crippen LogP contribution in [0.15, 0.2) is 18.2 Å². The van der Waals surface area contributed by atoms with Crippen molar-refractivity contribution >= 4 is 0 Å². The molecule has 1 saturated heterocycles. The van der Waals surface area contributed by atoms with E-state index in [1.54, 1.807) is 0 Å². The first-order valence-corrected chi connectivity index (χ1v) is 6.23. The lowest BCUT2D eigenvalue weighted by Crippen LogP contribution is -2.28. The molecular formula is C14H19F2NO. The van der Waals surface area contributed by atoms with Crippen LogP contribution in [0.3, 0.4) is 0 Å². The first-order chi connectivity index (χ1) is 8.37. The van der Waals surface area contributed by atoms with Gasteiger partial charge in [-0.15, -0.1) is 0 Å². The normalized spacial score (nSPS) is 21.2. The topological polar surface area (TPSA) is 23.5 Å². The molecule has 1 atom stereocenters. The SMILES string of the molecule is CC1(C)CCN(CC(O)c2cc(F)ccc2F)C1. The zero-order chi connectivity index (χ0) is 13.3. The highest BCUT2D eigenvalue weighted by atomic mass is 19.1. The third-order valence-electron chi connectivity index (χ3n) is 3.50. The lowest BCUT2D eigenvalue weighted by atomic mass is 9.93. The molecule has 0 bridgehead atoms. The zero-order valence-corrected chi connectivity index (χ0v) is 10.8. The molecule has 100 valence electrons. The second-order valence-corrected chi connectivity index (χ2v) is 5.83. The molecular weight excluding hydrogens is 236 g/mol. The standard InChI is InChI=1S/C14H19F2NO/c1-14(2)5-6-17(9-14)8-13(18)11-7-10(15)3-4-12(11)16/h3-4,7,13,18H,5-6,8-9H2,1-2H3. The first kappa shape index (κ1) is 13.4. The summed E-state index contributed by atoms with van der Waals surface area (Å²) in [6, 6.07) is 3.19. The molecule has 1 aliphatic rings. The van der Waals surface area contributed by atoms with Gasteiger partial charge in [-0.1, -0.05) is 13.8 Å². The third kappa shape index (κ3) is 3.06. The molecule has 1 N–H and O–H groups in total. The summed E-state index contributed by atoms with van der Waals surface area (Å²) >= 11 is 0. The van der Waals surface area contributed by atoms with Crippen molar-refractivity contribution in [2.75, 3.05) is 19.6 Å². The van der Waals surface area contributed by atoms with Crippen LogP contribution in [-0.2, 0) is 0 Å². The van der Waals surface area contributed by atoms with Gasteiger partial charge in [0.15, 0.2) is 0 Å². The molecule has 2 rings (SSSR count). The first-order valence-electron chi connectivity index (χ1n) is 6.23. The van der Waals surface area contributed by atoms with Crippen molar-refractivity contribution in [2.45, 2.75) is 26.4 Å². The Morgan fingerprint density at radius 1 is 1.39 bits per heavy atom. The maximum atomic E-state index is 13.5. The summed E-state index contributed by atoms with van der Waals surface area (Å²) in [4.78, 5) is 2.09. The van der Waals surface area contributed by atoms with Crippen LogP contribution in [0.25, 0.3) is 0 Å². The fourth-order valence-electron chi connectivity index (χ4n) is 2.49. The Kier molecular flexibility index (Phi) is 3.69. The minimum absolute atomic E-state index is 0.0414. The quantitative estimate of drug-likeness (QED) is 0.897. The lowest BCUT2D eigenvalue weighted by molar-refractivity contribution is 0.117. The second-order valence-electron chi connectivity index (χ2n) is 5.83. The van der Waals surface area contributed by atoms with E-state index in [1.807, 2.05) is 0 Å². The van der Waals surface area contributed by atoms with Crippen molar-refractivity contribution in [2.24, 2.45) is 5.41 Å². The average Bonchev–Trinajstić information content (AvgIpc) is 2.61. The molecule has 0 radical (unpaired) electrons. The predicted octanol–water partition coefficient (Wildman–Crippen LogP) is 2.73. The Morgan fingerprint density at radius 3 is 2.72 bits per heavy atom. The molecule has 0 spiro atoms. The maximum Gasteiger partial charge on any atom is 0.129 e. The third-order valence-corrected chi connectivity index (χ3v) is 3.50. The monoisotopic (exact) mass is 255 g/mol. The van der Waals surface area contributed by atoms with Crippen LogP contribution >= 0.6 is 0 Å². The fourth-order valence-corrected chi connectivity index (χ4v) is 2.49. The molecule has 18 heavy (non-hydrogen) atoms. The number of rotatable bonds is 3. The van der Waals surface area contributed by atoms with Crippen molar-refractivity contribution in [3.05, 3.63) is 35.4 Å². The van der Waals surface area contributed by atoms with Crippen LogP contribution < -0.4 is 0 Å². The molecule has 1 aliphatic heterocycles. The molecule has 1 unspecified atom stereocenters. The Balaban J connectivity index is 2.04. The van der Waals surface area contributed by atoms with Crippen LogP contribution in [0.2, 0.25) is 0 Å². The van der Waals surface area contributed by atoms with Gasteiger partial charge in [0, 0.05) is 18.7 Å². The van der Waals surface area contributed by atoms with Gasteiger partial charge < -0.3 is 5.11 Å². The molecule has 1 fully saturated rings. The van der Waals surface area contributed by atoms with Crippen molar-refractivity contribution < 1.29 is 13.9 Å². The fraction of sp³-hybridized carbons (Fsp3) is 0.571. The molecule has 2 nitrogen and oxygen atoms in total. The van der Waals surface area contributed by atoms with Crippen LogP contribution in [0.4, 0.5) is 8.78 Å². The van der Waals surface area contributed by atoms with Crippen LogP contribution in [0.1, 0.15) is 31.9 Å². The molecule has 0 amide bonds. The summed E-state index contributed by atoms with van der Waals surface area (Å²) in [7, 11) is 0. The summed E-state index contributed by atoms with van der Waals surface area (Å²) in [5.41, 5.74) is 0.278. The molecule has 1 aromatic carbocycles. The lowest BCUT2D eigenvalue weighted by Gasteiger charge is -2.22. The number of hydrogen-bond donors (Lipinski definition) is 1. The second kappa shape index (κ2) is 4.94. The van der Waals surface area contributed by atoms with Crippen molar-refractivity contribution in [3.8, 4) is 0 Å². The molecule has 0 saturated carbocycles. The Hall–Kier alpha value is -1.00. The van der Waals surface area contributed by atoms with Crippen LogP contribution in [0, 0.1) is 17.0 Å². The van der Waals surface area contributed by atoms with Crippen molar-refractivity contribution in [3.63, 3.8) is 0 Å². The van der Waals surface area contributed by atoms with Crippen molar-refractivity contribution in [1.29, 1.82) is 0 Å². The van der Waals surface area contributed by atoms with Gasteiger partial charge in [0.05, 0.1) is 6.10 Å². The number of nitrogens with zero attached hydrogens (tertiary/aromatic N) is 1. The summed E-state index contributed by atoms with van der Waals surface area (Å²) < 4.78 is 26.6. The van der Waals surface area contributed by atoms with E-state index in [0.29, 0.717) is 6.54 Å². The van der Waals surface area contributed by atoms with E-state index in [9.17, 15) is 13.9 Å². The smallest absolute Gasteiger partial charge is 0.129 e. The van der Waals surface area contributed by atoms with Gasteiger partial charge in [-0.3, -0.25) is 4.90 Å². The zero-order valence-electron chi connectivity index (χ0n) is 10.8. The summed E-state index contributed by atoms with van der Waals surface area (Å²) in [6.45, 7) is 6.45. The summed E-state index contributed by atoms with van der Waals surface area (Å²) in [6.07, 6.45) is 0.0836. The highest BCUT2D eigenvalue weighted by Crippen LogP contribution is 2.30. The number of aliphatic hydroxyl groups is 1. The highest BCUT2D eigenvalue weighted by Gasteiger charge is 2.30. The van der Waals surface area contributed by atoms with E-state index in [4.69, 9.17) is 0 Å². The summed E-state index contributed by atoms with van der Waals surface area (Å²) in [5.74, 6) is -1.07. The van der Waals surface area contributed by atoms with Crippen LogP contribution in [0.5, 0.6) is 0 Å². The molecule has 0 aliphatic carbocycles. The van der Waals surface area contributed by atoms with Gasteiger partial charge in [0.2, 0.25) is 0 Å².